The summed E-state index contributed by atoms with van der Waals surface area (Å²) in [6.07, 6.45) is 0. The number of Topliss-reactive ketones (excluding diaryl/α,β-unsaturated/α-hetero) is 1. The molecule has 0 aliphatic rings. The van der Waals surface area contributed by atoms with E-state index in [2.05, 4.69) is 34.6 Å². The first-order chi connectivity index (χ1) is 12.6. The average Bonchev–Trinajstić information content (AvgIpc) is 3.31. The van der Waals surface area contributed by atoms with Crippen LogP contribution in [0, 0.1) is 0 Å². The van der Waals surface area contributed by atoms with Crippen molar-refractivity contribution in [3.63, 3.8) is 0 Å². The van der Waals surface area contributed by atoms with Crippen LogP contribution in [0.4, 0.5) is 5.13 Å². The van der Waals surface area contributed by atoms with Gasteiger partial charge in [-0.1, -0.05) is 36.4 Å². The topological polar surface area (TPSA) is 59.1 Å². The molecule has 0 spiro atoms. The third-order valence-corrected chi connectivity index (χ3v) is 5.89. The summed E-state index contributed by atoms with van der Waals surface area (Å²) >= 11 is 2.57. The maximum absolute atomic E-state index is 12.3. The molecule has 0 saturated carbocycles. The molecule has 6 heteroatoms. The van der Waals surface area contributed by atoms with E-state index in [9.17, 15) is 9.59 Å². The standard InChI is InChI=1S/C20H14N2O2S2/c1-12(23)17-8-9-18(26-17)19(24)22-20-21-16(11-25-20)15-7-6-13-4-2-3-5-14(13)10-15/h2-11H,1H3,(H,21,22,24). The maximum Gasteiger partial charge on any atom is 0.267 e. The number of rotatable bonds is 4. The Morgan fingerprint density at radius 1 is 0.962 bits per heavy atom. The van der Waals surface area contributed by atoms with Gasteiger partial charge in [-0.05, 0) is 35.9 Å². The average molecular weight is 378 g/mol. The summed E-state index contributed by atoms with van der Waals surface area (Å²) in [7, 11) is 0. The van der Waals surface area contributed by atoms with Gasteiger partial charge in [-0.25, -0.2) is 4.98 Å². The van der Waals surface area contributed by atoms with Crippen molar-refractivity contribution in [1.82, 2.24) is 4.98 Å². The van der Waals surface area contributed by atoms with Gasteiger partial charge >= 0.3 is 0 Å². The zero-order chi connectivity index (χ0) is 18.1. The second-order valence-corrected chi connectivity index (χ2v) is 7.72. The minimum absolute atomic E-state index is 0.0399. The summed E-state index contributed by atoms with van der Waals surface area (Å²) in [4.78, 5) is 29.3. The molecule has 1 amide bonds. The number of carbonyl (C=O) groups excluding carboxylic acids is 2. The van der Waals surface area contributed by atoms with Crippen LogP contribution in [0.15, 0.2) is 60.0 Å². The van der Waals surface area contributed by atoms with Gasteiger partial charge in [-0.3, -0.25) is 14.9 Å². The van der Waals surface area contributed by atoms with Crippen molar-refractivity contribution in [1.29, 1.82) is 0 Å². The number of nitrogens with zero attached hydrogens (tertiary/aromatic N) is 1. The van der Waals surface area contributed by atoms with Gasteiger partial charge < -0.3 is 0 Å². The van der Waals surface area contributed by atoms with Crippen molar-refractivity contribution in [2.45, 2.75) is 6.92 Å². The minimum atomic E-state index is -0.248. The fourth-order valence-corrected chi connectivity index (χ4v) is 4.13. The molecule has 2 aromatic heterocycles. The molecule has 26 heavy (non-hydrogen) atoms. The molecule has 0 saturated heterocycles. The molecule has 4 aromatic rings. The molecular formula is C20H14N2O2S2. The van der Waals surface area contributed by atoms with Crippen LogP contribution in [0.5, 0.6) is 0 Å². The first-order valence-electron chi connectivity index (χ1n) is 7.97. The van der Waals surface area contributed by atoms with E-state index in [4.69, 9.17) is 0 Å². The second kappa shape index (κ2) is 6.82. The number of ketones is 1. The van der Waals surface area contributed by atoms with Crippen LogP contribution in [0.1, 0.15) is 26.3 Å². The van der Waals surface area contributed by atoms with Gasteiger partial charge in [0.25, 0.3) is 5.91 Å². The van der Waals surface area contributed by atoms with Gasteiger partial charge in [-0.15, -0.1) is 22.7 Å². The molecular weight excluding hydrogens is 364 g/mol. The zero-order valence-corrected chi connectivity index (χ0v) is 15.5. The number of amides is 1. The number of hydrogen-bond donors (Lipinski definition) is 1. The number of thiophene rings is 1. The lowest BCUT2D eigenvalue weighted by Gasteiger charge is -2.01. The maximum atomic E-state index is 12.3. The predicted octanol–water partition coefficient (Wildman–Crippen LogP) is 5.48. The number of hydrogen-bond acceptors (Lipinski definition) is 5. The Kier molecular flexibility index (Phi) is 4.36. The second-order valence-electron chi connectivity index (χ2n) is 5.77. The van der Waals surface area contributed by atoms with Crippen molar-refractivity contribution in [2.75, 3.05) is 5.32 Å². The fraction of sp³-hybridized carbons (Fsp3) is 0.0500. The van der Waals surface area contributed by atoms with E-state index in [0.29, 0.717) is 14.9 Å². The van der Waals surface area contributed by atoms with Crippen LogP contribution >= 0.6 is 22.7 Å². The monoisotopic (exact) mass is 378 g/mol. The van der Waals surface area contributed by atoms with Gasteiger partial charge in [0.05, 0.1) is 15.4 Å². The SMILES string of the molecule is CC(=O)c1ccc(C(=O)Nc2nc(-c3ccc4ccccc4c3)cs2)s1. The summed E-state index contributed by atoms with van der Waals surface area (Å²) in [5.74, 6) is -0.288. The highest BCUT2D eigenvalue weighted by Crippen LogP contribution is 2.28. The van der Waals surface area contributed by atoms with Gasteiger partial charge in [0, 0.05) is 10.9 Å². The molecule has 1 N–H and O–H groups in total. The lowest BCUT2D eigenvalue weighted by Crippen LogP contribution is -2.09. The lowest BCUT2D eigenvalue weighted by atomic mass is 10.1. The van der Waals surface area contributed by atoms with Crippen molar-refractivity contribution in [3.05, 3.63) is 69.7 Å². The highest BCUT2D eigenvalue weighted by atomic mass is 32.1. The van der Waals surface area contributed by atoms with Crippen LogP contribution in [-0.2, 0) is 0 Å². The van der Waals surface area contributed by atoms with E-state index in [1.807, 2.05) is 23.6 Å². The van der Waals surface area contributed by atoms with Crippen LogP contribution < -0.4 is 5.32 Å². The predicted molar refractivity (Wildman–Crippen MR) is 107 cm³/mol. The van der Waals surface area contributed by atoms with Crippen molar-refractivity contribution >= 4 is 50.3 Å². The van der Waals surface area contributed by atoms with E-state index in [0.717, 1.165) is 16.6 Å². The molecule has 0 aliphatic carbocycles. The first kappa shape index (κ1) is 16.6. The Hall–Kier alpha value is -2.83. The molecule has 0 aliphatic heterocycles. The molecule has 0 fully saturated rings. The molecule has 2 heterocycles. The summed E-state index contributed by atoms with van der Waals surface area (Å²) in [5, 5.41) is 7.60. The van der Waals surface area contributed by atoms with Gasteiger partial charge in [-0.2, -0.15) is 0 Å². The minimum Gasteiger partial charge on any atom is -0.297 e. The Labute approximate surface area is 158 Å². The molecule has 4 nitrogen and oxygen atoms in total. The number of thiazole rings is 1. The van der Waals surface area contributed by atoms with Gasteiger partial charge in [0.1, 0.15) is 0 Å². The number of nitrogens with one attached hydrogen (secondary N) is 1. The third-order valence-electron chi connectivity index (χ3n) is 3.95. The Balaban J connectivity index is 1.55. The molecule has 0 bridgehead atoms. The normalized spacial score (nSPS) is 10.8. The van der Waals surface area contributed by atoms with E-state index >= 15 is 0 Å². The number of anilines is 1. The molecule has 0 radical (unpaired) electrons. The highest BCUT2D eigenvalue weighted by molar-refractivity contribution is 7.16. The molecule has 4 rings (SSSR count). The Bertz CT molecular complexity index is 1130. The molecule has 0 unspecified atom stereocenters. The molecule has 0 atom stereocenters. The van der Waals surface area contributed by atoms with Crippen molar-refractivity contribution in [2.24, 2.45) is 0 Å². The van der Waals surface area contributed by atoms with Crippen molar-refractivity contribution < 1.29 is 9.59 Å². The zero-order valence-electron chi connectivity index (χ0n) is 13.9. The Morgan fingerprint density at radius 3 is 2.50 bits per heavy atom. The van der Waals surface area contributed by atoms with E-state index in [-0.39, 0.29) is 11.7 Å². The lowest BCUT2D eigenvalue weighted by molar-refractivity contribution is 0.101. The molecule has 128 valence electrons. The van der Waals surface area contributed by atoms with Crippen LogP contribution in [0.2, 0.25) is 0 Å². The summed E-state index contributed by atoms with van der Waals surface area (Å²) in [5.41, 5.74) is 1.84. The molecule has 2 aromatic carbocycles. The smallest absolute Gasteiger partial charge is 0.267 e. The summed E-state index contributed by atoms with van der Waals surface area (Å²) in [6, 6.07) is 17.7. The van der Waals surface area contributed by atoms with Crippen molar-refractivity contribution in [3.8, 4) is 11.3 Å². The van der Waals surface area contributed by atoms with E-state index in [1.165, 1.54) is 35.0 Å². The largest absolute Gasteiger partial charge is 0.297 e. The first-order valence-corrected chi connectivity index (χ1v) is 9.66. The highest BCUT2D eigenvalue weighted by Gasteiger charge is 2.14. The van der Waals surface area contributed by atoms with Gasteiger partial charge in [0.2, 0.25) is 0 Å². The Morgan fingerprint density at radius 2 is 1.73 bits per heavy atom. The number of benzene rings is 2. The third kappa shape index (κ3) is 3.29. The van der Waals surface area contributed by atoms with Crippen LogP contribution in [0.25, 0.3) is 22.0 Å². The fourth-order valence-electron chi connectivity index (χ4n) is 2.62. The van der Waals surface area contributed by atoms with E-state index in [1.54, 1.807) is 12.1 Å². The number of fused-ring (bicyclic) bond motifs is 1. The van der Waals surface area contributed by atoms with Gasteiger partial charge in [0.15, 0.2) is 10.9 Å². The van der Waals surface area contributed by atoms with Crippen LogP contribution in [0.3, 0.4) is 0 Å². The summed E-state index contributed by atoms with van der Waals surface area (Å²) < 4.78 is 0. The number of aromatic nitrogens is 1. The van der Waals surface area contributed by atoms with E-state index < -0.39 is 0 Å². The van der Waals surface area contributed by atoms with Crippen LogP contribution in [-0.4, -0.2) is 16.7 Å². The summed E-state index contributed by atoms with van der Waals surface area (Å²) in [6.45, 7) is 1.49. The number of carbonyl (C=O) groups is 2. The quantitative estimate of drug-likeness (QED) is 0.478.